The van der Waals surface area contributed by atoms with E-state index in [1.807, 2.05) is 24.3 Å². The van der Waals surface area contributed by atoms with E-state index in [0.29, 0.717) is 11.4 Å². The highest BCUT2D eigenvalue weighted by Crippen LogP contribution is 2.20. The quantitative estimate of drug-likeness (QED) is 0.843. The van der Waals surface area contributed by atoms with Crippen molar-refractivity contribution in [2.45, 2.75) is 13.3 Å². The zero-order valence-electron chi connectivity index (χ0n) is 11.1. The number of aryl methyl sites for hydroxylation is 1. The molecule has 102 valence electrons. The monoisotopic (exact) mass is 269 g/mol. The minimum Gasteiger partial charge on any atom is -0.478 e. The minimum absolute atomic E-state index is 0.474. The van der Waals surface area contributed by atoms with Crippen molar-refractivity contribution in [2.75, 3.05) is 0 Å². The van der Waals surface area contributed by atoms with Crippen molar-refractivity contribution in [3.8, 4) is 11.6 Å². The molecule has 1 aromatic carbocycles. The Labute approximate surface area is 117 Å². The molecule has 0 spiro atoms. The van der Waals surface area contributed by atoms with E-state index in [1.54, 1.807) is 18.3 Å². The highest BCUT2D eigenvalue weighted by atomic mass is 16.5. The second kappa shape index (κ2) is 6.52. The molecule has 0 radical (unpaired) electrons. The van der Waals surface area contributed by atoms with E-state index >= 15 is 0 Å². The topological polar surface area (TPSA) is 59.4 Å². The molecule has 20 heavy (non-hydrogen) atoms. The molecule has 0 atom stereocenters. The van der Waals surface area contributed by atoms with Crippen LogP contribution in [0.2, 0.25) is 0 Å². The van der Waals surface area contributed by atoms with E-state index in [1.165, 1.54) is 11.6 Å². The molecule has 0 unspecified atom stereocenters. The lowest BCUT2D eigenvalue weighted by Crippen LogP contribution is -1.89. The largest absolute Gasteiger partial charge is 0.478 e. The average Bonchev–Trinajstić information content (AvgIpc) is 2.47. The zero-order valence-corrected chi connectivity index (χ0v) is 11.1. The third-order valence-corrected chi connectivity index (χ3v) is 2.73. The highest BCUT2D eigenvalue weighted by Gasteiger charge is 1.99. The van der Waals surface area contributed by atoms with Crippen LogP contribution in [0.25, 0.3) is 6.08 Å². The molecule has 0 saturated heterocycles. The van der Waals surface area contributed by atoms with Gasteiger partial charge in [-0.3, -0.25) is 0 Å². The zero-order chi connectivity index (χ0) is 14.4. The first-order valence-corrected chi connectivity index (χ1v) is 6.31. The summed E-state index contributed by atoms with van der Waals surface area (Å²) in [5.41, 5.74) is 1.96. The van der Waals surface area contributed by atoms with Crippen LogP contribution in [0.3, 0.4) is 0 Å². The summed E-state index contributed by atoms with van der Waals surface area (Å²) in [5.74, 6) is 0.214. The Morgan fingerprint density at radius 3 is 2.55 bits per heavy atom. The molecular weight excluding hydrogens is 254 g/mol. The van der Waals surface area contributed by atoms with Gasteiger partial charge in [-0.15, -0.1) is 0 Å². The Hall–Kier alpha value is -2.62. The first-order chi connectivity index (χ1) is 9.67. The first-order valence-electron chi connectivity index (χ1n) is 6.31. The lowest BCUT2D eigenvalue weighted by atomic mass is 10.2. The van der Waals surface area contributed by atoms with Crippen molar-refractivity contribution in [1.82, 2.24) is 4.98 Å². The maximum absolute atomic E-state index is 10.4. The predicted molar refractivity (Wildman–Crippen MR) is 76.8 cm³/mol. The van der Waals surface area contributed by atoms with Gasteiger partial charge in [-0.05, 0) is 41.8 Å². The van der Waals surface area contributed by atoms with Gasteiger partial charge in [0.05, 0.1) is 0 Å². The number of pyridine rings is 1. The summed E-state index contributed by atoms with van der Waals surface area (Å²) < 4.78 is 5.61. The number of carboxylic acid groups (broad SMARTS) is 1. The third-order valence-electron chi connectivity index (χ3n) is 2.73. The molecule has 0 aliphatic carbocycles. The van der Waals surface area contributed by atoms with Gasteiger partial charge in [0, 0.05) is 18.3 Å². The number of ether oxygens (including phenoxy) is 1. The summed E-state index contributed by atoms with van der Waals surface area (Å²) in [6, 6.07) is 11.3. The van der Waals surface area contributed by atoms with Gasteiger partial charge in [0.2, 0.25) is 5.88 Å². The molecule has 2 rings (SSSR count). The molecule has 0 aliphatic rings. The van der Waals surface area contributed by atoms with Crippen molar-refractivity contribution in [2.24, 2.45) is 0 Å². The summed E-state index contributed by atoms with van der Waals surface area (Å²) in [5, 5.41) is 8.54. The number of nitrogens with zero attached hydrogens (tertiary/aromatic N) is 1. The molecule has 0 aliphatic heterocycles. The third kappa shape index (κ3) is 3.95. The van der Waals surface area contributed by atoms with E-state index in [4.69, 9.17) is 9.84 Å². The number of rotatable bonds is 5. The summed E-state index contributed by atoms with van der Waals surface area (Å²) in [4.78, 5) is 14.5. The van der Waals surface area contributed by atoms with Crippen LogP contribution in [0.4, 0.5) is 0 Å². The van der Waals surface area contributed by atoms with Gasteiger partial charge in [-0.1, -0.05) is 19.1 Å². The Kier molecular flexibility index (Phi) is 4.50. The number of aromatic nitrogens is 1. The lowest BCUT2D eigenvalue weighted by molar-refractivity contribution is -0.131. The van der Waals surface area contributed by atoms with E-state index < -0.39 is 5.97 Å². The van der Waals surface area contributed by atoms with Crippen molar-refractivity contribution in [3.05, 3.63) is 59.8 Å². The second-order valence-electron chi connectivity index (χ2n) is 4.20. The fraction of sp³-hybridized carbons (Fsp3) is 0.125. The summed E-state index contributed by atoms with van der Waals surface area (Å²) in [7, 11) is 0. The predicted octanol–water partition coefficient (Wildman–Crippen LogP) is 3.53. The van der Waals surface area contributed by atoms with Crippen LogP contribution in [0.5, 0.6) is 11.6 Å². The maximum atomic E-state index is 10.4. The number of carboxylic acids is 1. The number of carbonyl (C=O) groups is 1. The number of hydrogen-bond donors (Lipinski definition) is 1. The Morgan fingerprint density at radius 1 is 1.25 bits per heavy atom. The number of benzene rings is 1. The summed E-state index contributed by atoms with van der Waals surface area (Å²) >= 11 is 0. The molecular formula is C16H15NO3. The van der Waals surface area contributed by atoms with E-state index in [9.17, 15) is 4.79 Å². The molecule has 1 heterocycles. The van der Waals surface area contributed by atoms with Gasteiger partial charge in [-0.2, -0.15) is 0 Å². The fourth-order valence-electron chi connectivity index (χ4n) is 1.63. The van der Waals surface area contributed by atoms with Crippen LogP contribution in [-0.4, -0.2) is 16.1 Å². The molecule has 0 saturated carbocycles. The van der Waals surface area contributed by atoms with Crippen molar-refractivity contribution >= 4 is 12.0 Å². The molecule has 1 aromatic heterocycles. The Bertz CT molecular complexity index is 601. The molecule has 1 N–H and O–H groups in total. The molecule has 0 fully saturated rings. The lowest BCUT2D eigenvalue weighted by Gasteiger charge is -2.05. The van der Waals surface area contributed by atoms with Crippen LogP contribution in [0.15, 0.2) is 48.7 Å². The minimum atomic E-state index is -0.985. The van der Waals surface area contributed by atoms with E-state index in [0.717, 1.165) is 18.2 Å². The number of hydrogen-bond acceptors (Lipinski definition) is 3. The molecule has 4 heteroatoms. The van der Waals surface area contributed by atoms with Crippen LogP contribution in [0.1, 0.15) is 18.1 Å². The normalized spacial score (nSPS) is 10.7. The van der Waals surface area contributed by atoms with Gasteiger partial charge >= 0.3 is 5.97 Å². The van der Waals surface area contributed by atoms with Crippen LogP contribution in [-0.2, 0) is 11.2 Å². The van der Waals surface area contributed by atoms with Gasteiger partial charge in [-0.25, -0.2) is 9.78 Å². The fourth-order valence-corrected chi connectivity index (χ4v) is 1.63. The Balaban J connectivity index is 2.04. The first kappa shape index (κ1) is 13.8. The molecule has 0 amide bonds. The van der Waals surface area contributed by atoms with Crippen LogP contribution >= 0.6 is 0 Å². The number of aliphatic carboxylic acids is 1. The van der Waals surface area contributed by atoms with Gasteiger partial charge in [0.15, 0.2) is 0 Å². The average molecular weight is 269 g/mol. The Morgan fingerprint density at radius 2 is 2.00 bits per heavy atom. The smallest absolute Gasteiger partial charge is 0.328 e. The van der Waals surface area contributed by atoms with E-state index in [2.05, 4.69) is 11.9 Å². The van der Waals surface area contributed by atoms with Gasteiger partial charge in [0.25, 0.3) is 0 Å². The van der Waals surface area contributed by atoms with Crippen LogP contribution in [0, 0.1) is 0 Å². The maximum Gasteiger partial charge on any atom is 0.328 e. The second-order valence-corrected chi connectivity index (χ2v) is 4.20. The van der Waals surface area contributed by atoms with Crippen molar-refractivity contribution in [1.29, 1.82) is 0 Å². The van der Waals surface area contributed by atoms with Gasteiger partial charge in [0.1, 0.15) is 5.75 Å². The van der Waals surface area contributed by atoms with Crippen molar-refractivity contribution in [3.63, 3.8) is 0 Å². The highest BCUT2D eigenvalue weighted by molar-refractivity contribution is 5.85. The van der Waals surface area contributed by atoms with Gasteiger partial charge < -0.3 is 9.84 Å². The molecule has 4 nitrogen and oxygen atoms in total. The summed E-state index contributed by atoms with van der Waals surface area (Å²) in [6.07, 6.45) is 5.11. The summed E-state index contributed by atoms with van der Waals surface area (Å²) in [6.45, 7) is 2.10. The standard InChI is InChI=1S/C16H15NO3/c1-2-12-3-7-14(8-4-12)20-15-9-5-13(11-17-15)6-10-16(18)19/h3-11H,2H2,1H3,(H,18,19)/b10-6+. The van der Waals surface area contributed by atoms with Crippen molar-refractivity contribution < 1.29 is 14.6 Å². The van der Waals surface area contributed by atoms with E-state index in [-0.39, 0.29) is 0 Å². The molecule has 2 aromatic rings. The molecule has 0 bridgehead atoms. The SMILES string of the molecule is CCc1ccc(Oc2ccc(/C=C/C(=O)O)cn2)cc1. The van der Waals surface area contributed by atoms with Crippen LogP contribution < -0.4 is 4.74 Å².